The second kappa shape index (κ2) is 143. The van der Waals surface area contributed by atoms with E-state index < -0.39 is 23.9 Å². The number of ether oxygens (including phenoxy) is 25. The molecule has 4 rings (SSSR count). The molecule has 0 aliphatic carbocycles. The van der Waals surface area contributed by atoms with Crippen LogP contribution in [0.2, 0.25) is 0 Å². The van der Waals surface area contributed by atoms with Crippen molar-refractivity contribution in [3.8, 4) is 28.4 Å². The Morgan fingerprint density at radius 1 is 0.299 bits per heavy atom. The molecule has 0 spiro atoms. The maximum atomic E-state index is 10.7. The lowest BCUT2D eigenvalue weighted by Gasteiger charge is -2.07. The van der Waals surface area contributed by atoms with E-state index in [1.807, 2.05) is 106 Å². The van der Waals surface area contributed by atoms with E-state index in [1.54, 1.807) is 28.3 Å². The fourth-order valence-electron chi connectivity index (χ4n) is 6.68. The number of carbonyl (C=O) groups excluding carboxylic acids is 1. The van der Waals surface area contributed by atoms with Gasteiger partial charge in [0, 0.05) is 39.6 Å². The van der Waals surface area contributed by atoms with Crippen LogP contribution in [0, 0.1) is 6.92 Å². The topological polar surface area (TPSA) is 400 Å². The monoisotopic (exact) mass is 1950 g/mol. The van der Waals surface area contributed by atoms with E-state index in [2.05, 4.69) is 174 Å². The van der Waals surface area contributed by atoms with Gasteiger partial charge in [0.15, 0.2) is 0 Å². The molecule has 34 nitrogen and oxygen atoms in total. The summed E-state index contributed by atoms with van der Waals surface area (Å²) in [5, 5.41) is 40.4. The van der Waals surface area contributed by atoms with Crippen molar-refractivity contribution < 1.29 is 163 Å². The predicted octanol–water partition coefficient (Wildman–Crippen LogP) is 18.8. The standard InChI is InChI=1S/C16H16O2.C11H14O2.C10H12O2.C8H14O4.C8H12O3.C6H10O4.2C6H12O2.C6H12O.C5H8O3.2C5H10O2.2C4H8O2.C3H6O/c1-2-17-12-13-18-16-10-8-15(9-11-16)14-6-4-3-5-7-14;1-3-12-8-9-13-11-6-4-10(2)5-7-11;1-2-11-8-9-12-10-6-4-3-5-7-10;1-2-11-5-3-4-6-12-7-8(9)10;1-4-10-5-6-11-8(9)7(2)3;1-2-9-3-4-10-5-6(7)8;2*1-3-7-5-6-8-4-2;1-3-5-6-7-4-2;1-2-8-4-3-5(6)7;2*1-3-7-5-4-6-2;2*1-2-6-4-3-5;1-3-4-2/h2-11H,1,12-13H2;3-7H,1,8-9H2,2H3;2-7H,1,8-9H2;2H,1,3-7H2,(H,9,10);4H,1-2,5-6H2,3H3;2H,1,3-5H2,(H,7,8);2*3H,1,4-6H2,2H3;4H,2-3,5-6H2,1H3;2H,1,3-4H2,(H,6,7);2*3H,1,4-5H2,2H3;2*2,5H,1,3-4H2;3H,1H2,2H3. The number of aliphatic carboxylic acids is 3. The van der Waals surface area contributed by atoms with Gasteiger partial charge in [-0.2, -0.15) is 0 Å². The SMILES string of the molecule is C=COC.C=COCCC(=O)O.C=COCCCC.C=COCCCCOCC(=O)O.C=COCCO.C=COCCO.C=COCCOC.C=COCCOC.C=COCCOC(=O)C(=C)C.C=COCCOCC.C=COCCOCC.C=COCCOCC(=O)O.C=COCCOc1ccc(-c2ccccc2)cc1.C=COCCOc1ccc(C)cc1.C=COCCOc1ccccc1. The lowest BCUT2D eigenvalue weighted by atomic mass is 10.1. The van der Waals surface area contributed by atoms with Gasteiger partial charge in [-0.1, -0.05) is 197 Å². The summed E-state index contributed by atoms with van der Waals surface area (Å²) in [6, 6.07) is 35.9. The van der Waals surface area contributed by atoms with E-state index in [-0.39, 0.29) is 52.7 Å². The number of aryl methyl sites for hydroxylation is 1. The Labute approximate surface area is 817 Å². The van der Waals surface area contributed by atoms with E-state index in [9.17, 15) is 19.2 Å². The Kier molecular flexibility index (Phi) is 153. The van der Waals surface area contributed by atoms with Gasteiger partial charge in [-0.25, -0.2) is 14.4 Å². The highest BCUT2D eigenvalue weighted by Gasteiger charge is 2.03. The van der Waals surface area contributed by atoms with Crippen molar-refractivity contribution in [1.82, 2.24) is 0 Å². The van der Waals surface area contributed by atoms with Crippen molar-refractivity contribution >= 4 is 23.9 Å². The Bertz CT molecular complexity index is 3230. The molecule has 4 aromatic carbocycles. The molecule has 0 heterocycles. The summed E-state index contributed by atoms with van der Waals surface area (Å²) in [5.74, 6) is -0.564. The van der Waals surface area contributed by atoms with Crippen LogP contribution in [0.15, 0.2) is 314 Å². The van der Waals surface area contributed by atoms with Crippen molar-refractivity contribution in [1.29, 1.82) is 0 Å². The molecule has 0 bridgehead atoms. The molecular formula is C103H164O34. The number of aliphatic hydroxyl groups excluding tert-OH is 2. The van der Waals surface area contributed by atoms with Crippen molar-refractivity contribution in [2.75, 3.05) is 220 Å². The van der Waals surface area contributed by atoms with Gasteiger partial charge in [0.2, 0.25) is 0 Å². The molecule has 0 amide bonds. The number of benzene rings is 4. The van der Waals surface area contributed by atoms with Crippen LogP contribution in [0.3, 0.4) is 0 Å². The summed E-state index contributed by atoms with van der Waals surface area (Å²) in [7, 11) is 4.83. The molecule has 4 aromatic rings. The summed E-state index contributed by atoms with van der Waals surface area (Å²) < 4.78 is 120. The first kappa shape index (κ1) is 147. The van der Waals surface area contributed by atoms with E-state index >= 15 is 0 Å². The number of hydrogen-bond acceptors (Lipinski definition) is 31. The van der Waals surface area contributed by atoms with Gasteiger partial charge in [0.05, 0.1) is 174 Å². The first-order chi connectivity index (χ1) is 66.5. The molecule has 0 aromatic heterocycles. The number of rotatable bonds is 68. The highest BCUT2D eigenvalue weighted by atomic mass is 16.6. The maximum absolute atomic E-state index is 10.7. The third-order valence-corrected chi connectivity index (χ3v) is 12.7. The van der Waals surface area contributed by atoms with E-state index in [4.69, 9.17) is 106 Å². The predicted molar refractivity (Wildman–Crippen MR) is 539 cm³/mol. The van der Waals surface area contributed by atoms with Crippen LogP contribution in [-0.4, -0.2) is 269 Å². The van der Waals surface area contributed by atoms with Crippen molar-refractivity contribution in [3.05, 3.63) is 320 Å². The maximum Gasteiger partial charge on any atom is 0.333 e. The van der Waals surface area contributed by atoms with Gasteiger partial charge in [-0.15, -0.1) is 0 Å². The van der Waals surface area contributed by atoms with Gasteiger partial charge in [0.25, 0.3) is 0 Å². The number of aliphatic hydroxyl groups is 2. The molecule has 0 aliphatic heterocycles. The summed E-state index contributed by atoms with van der Waals surface area (Å²) in [6.07, 6.45) is 24.5. The highest BCUT2D eigenvalue weighted by molar-refractivity contribution is 5.86. The first-order valence-electron chi connectivity index (χ1n) is 42.9. The van der Waals surface area contributed by atoms with Crippen LogP contribution in [0.25, 0.3) is 11.1 Å². The minimum Gasteiger partial charge on any atom is -0.505 e. The van der Waals surface area contributed by atoms with Crippen LogP contribution in [0.5, 0.6) is 17.2 Å². The van der Waals surface area contributed by atoms with Crippen molar-refractivity contribution in [3.63, 3.8) is 0 Å². The van der Waals surface area contributed by atoms with Crippen LogP contribution in [0.4, 0.5) is 0 Å². The lowest BCUT2D eigenvalue weighted by Crippen LogP contribution is -2.10. The number of carboxylic acids is 3. The average molecular weight is 1950 g/mol. The van der Waals surface area contributed by atoms with Gasteiger partial charge >= 0.3 is 23.9 Å². The zero-order valence-electron chi connectivity index (χ0n) is 82.7. The number of unbranched alkanes of at least 4 members (excludes halogenated alkanes) is 2. The second-order valence-corrected chi connectivity index (χ2v) is 23.3. The molecule has 5 N–H and O–H groups in total. The average Bonchev–Trinajstić information content (AvgIpc) is 0.866. The molecule has 0 fully saturated rings. The lowest BCUT2D eigenvalue weighted by molar-refractivity contribution is -0.143. The number of hydrogen-bond donors (Lipinski definition) is 5. The number of carbonyl (C=O) groups is 4. The molecule has 0 saturated carbocycles. The Morgan fingerprint density at radius 3 is 0.883 bits per heavy atom. The molecular weight excluding hydrogens is 1780 g/mol. The van der Waals surface area contributed by atoms with Crippen LogP contribution < -0.4 is 14.2 Å². The van der Waals surface area contributed by atoms with Crippen LogP contribution >= 0.6 is 0 Å². The van der Waals surface area contributed by atoms with Gasteiger partial charge in [-0.05, 0) is 94.5 Å². The van der Waals surface area contributed by atoms with Gasteiger partial charge in [0.1, 0.15) is 130 Å². The number of methoxy groups -OCH3 is 3. The number of esters is 1. The largest absolute Gasteiger partial charge is 0.505 e. The Balaban J connectivity index is -0.000000140. The number of carboxylic acid groups (broad SMARTS) is 3. The quantitative estimate of drug-likeness (QED) is 0.0119. The minimum atomic E-state index is -0.974. The highest BCUT2D eigenvalue weighted by Crippen LogP contribution is 2.22. The molecule has 0 unspecified atom stereocenters. The first-order valence-corrected chi connectivity index (χ1v) is 42.9. The van der Waals surface area contributed by atoms with Gasteiger partial charge in [-0.3, -0.25) is 4.79 Å². The molecule has 34 heteroatoms. The summed E-state index contributed by atoms with van der Waals surface area (Å²) in [4.78, 5) is 40.3. The fraction of sp³-hybridized carbons (Fsp3) is 0.417. The minimum absolute atomic E-state index is 0.0337. The second-order valence-electron chi connectivity index (χ2n) is 23.3. The molecule has 0 atom stereocenters. The van der Waals surface area contributed by atoms with Crippen LogP contribution in [-0.2, 0) is 123 Å². The van der Waals surface area contributed by atoms with Crippen molar-refractivity contribution in [2.24, 2.45) is 0 Å². The third kappa shape index (κ3) is 163. The molecule has 0 aliphatic rings. The normalized spacial score (nSPS) is 8.63. The van der Waals surface area contributed by atoms with Crippen molar-refractivity contribution in [2.45, 2.75) is 66.7 Å². The van der Waals surface area contributed by atoms with E-state index in [1.165, 1.54) is 117 Å². The Morgan fingerprint density at radius 2 is 0.577 bits per heavy atom. The molecule has 137 heavy (non-hydrogen) atoms. The van der Waals surface area contributed by atoms with E-state index in [0.29, 0.717) is 138 Å². The van der Waals surface area contributed by atoms with Crippen LogP contribution in [0.1, 0.15) is 65.4 Å². The zero-order valence-corrected chi connectivity index (χ0v) is 82.7. The van der Waals surface area contributed by atoms with Gasteiger partial charge < -0.3 is 144 Å². The molecule has 0 radical (unpaired) electrons. The smallest absolute Gasteiger partial charge is 0.333 e. The summed E-state index contributed by atoms with van der Waals surface area (Å²) in [6.45, 7) is 76.7. The van der Waals surface area contributed by atoms with E-state index in [0.717, 1.165) is 56.3 Å². The molecule has 780 valence electrons. The summed E-state index contributed by atoms with van der Waals surface area (Å²) in [5.41, 5.74) is 4.02. The molecule has 0 saturated heterocycles. The fourth-order valence-corrected chi connectivity index (χ4v) is 6.68. The zero-order chi connectivity index (χ0) is 105. The Hall–Kier alpha value is -13.3. The third-order valence-electron chi connectivity index (χ3n) is 12.7. The number of para-hydroxylation sites is 1. The summed E-state index contributed by atoms with van der Waals surface area (Å²) >= 11 is 0.